The molecule has 3 aromatic rings. The van der Waals surface area contributed by atoms with Crippen molar-refractivity contribution in [3.8, 4) is 17.1 Å². The summed E-state index contributed by atoms with van der Waals surface area (Å²) in [6.45, 7) is 1.15. The van der Waals surface area contributed by atoms with Crippen molar-refractivity contribution in [3.63, 3.8) is 0 Å². The van der Waals surface area contributed by atoms with Crippen molar-refractivity contribution in [1.82, 2.24) is 20.2 Å². The molecular weight excluding hydrogens is 400 g/mol. The Morgan fingerprint density at radius 2 is 1.90 bits per heavy atom. The van der Waals surface area contributed by atoms with Gasteiger partial charge in [0.25, 0.3) is 5.91 Å². The van der Waals surface area contributed by atoms with E-state index >= 15 is 0 Å². The van der Waals surface area contributed by atoms with Crippen molar-refractivity contribution in [1.29, 1.82) is 0 Å². The highest BCUT2D eigenvalue weighted by molar-refractivity contribution is 6.30. The molecule has 1 aromatic heterocycles. The number of benzene rings is 2. The number of hydrogen-bond donors (Lipinski definition) is 1. The van der Waals surface area contributed by atoms with Crippen LogP contribution in [0.15, 0.2) is 60.9 Å². The minimum Gasteiger partial charge on any atom is -0.483 e. The predicted molar refractivity (Wildman–Crippen MR) is 119 cm³/mol. The van der Waals surface area contributed by atoms with Gasteiger partial charge in [-0.2, -0.15) is 0 Å². The maximum absolute atomic E-state index is 12.2. The summed E-state index contributed by atoms with van der Waals surface area (Å²) in [6, 6.07) is 15.2. The van der Waals surface area contributed by atoms with Crippen LogP contribution in [0.2, 0.25) is 5.02 Å². The van der Waals surface area contributed by atoms with E-state index in [4.69, 9.17) is 16.3 Å². The molecule has 0 bridgehead atoms. The SMILES string of the molecule is CN(C)Cc1cc(-c2ncccn2)ccc1OCC(=O)NCCc1cccc(Cl)c1. The van der Waals surface area contributed by atoms with Gasteiger partial charge in [0.05, 0.1) is 0 Å². The molecule has 0 unspecified atom stereocenters. The first-order valence-corrected chi connectivity index (χ1v) is 10.1. The number of amides is 1. The van der Waals surface area contributed by atoms with Gasteiger partial charge >= 0.3 is 0 Å². The third-order valence-corrected chi connectivity index (χ3v) is 4.59. The zero-order chi connectivity index (χ0) is 21.3. The predicted octanol–water partition coefficient (Wildman–Crippen LogP) is 3.60. The second kappa shape index (κ2) is 10.7. The van der Waals surface area contributed by atoms with Gasteiger partial charge in [-0.3, -0.25) is 4.79 Å². The zero-order valence-corrected chi connectivity index (χ0v) is 17.9. The quantitative estimate of drug-likeness (QED) is 0.568. The number of halogens is 1. The summed E-state index contributed by atoms with van der Waals surface area (Å²) in [6.07, 6.45) is 4.14. The lowest BCUT2D eigenvalue weighted by atomic mass is 10.1. The molecule has 156 valence electrons. The summed E-state index contributed by atoms with van der Waals surface area (Å²) in [4.78, 5) is 22.8. The molecule has 0 aliphatic carbocycles. The minimum absolute atomic E-state index is 0.0445. The van der Waals surface area contributed by atoms with Crippen molar-refractivity contribution in [3.05, 3.63) is 77.1 Å². The number of nitrogens with one attached hydrogen (secondary N) is 1. The van der Waals surface area contributed by atoms with Crippen LogP contribution in [0.5, 0.6) is 5.75 Å². The average molecular weight is 425 g/mol. The van der Waals surface area contributed by atoms with E-state index in [0.29, 0.717) is 36.1 Å². The molecular formula is C23H25ClN4O2. The van der Waals surface area contributed by atoms with Gasteiger partial charge in [-0.05, 0) is 62.5 Å². The van der Waals surface area contributed by atoms with E-state index in [1.165, 1.54) is 0 Å². The fourth-order valence-corrected chi connectivity index (χ4v) is 3.22. The number of carbonyl (C=O) groups excluding carboxylic acids is 1. The van der Waals surface area contributed by atoms with Crippen molar-refractivity contribution in [2.24, 2.45) is 0 Å². The second-order valence-corrected chi connectivity index (χ2v) is 7.59. The molecule has 0 aliphatic rings. The molecule has 1 amide bonds. The molecule has 7 heteroatoms. The van der Waals surface area contributed by atoms with Crippen LogP contribution < -0.4 is 10.1 Å². The van der Waals surface area contributed by atoms with Crippen LogP contribution >= 0.6 is 11.6 Å². The van der Waals surface area contributed by atoms with Crippen LogP contribution in [-0.4, -0.2) is 48.0 Å². The molecule has 30 heavy (non-hydrogen) atoms. The molecule has 2 aromatic carbocycles. The highest BCUT2D eigenvalue weighted by Crippen LogP contribution is 2.25. The molecule has 0 atom stereocenters. The topological polar surface area (TPSA) is 67.3 Å². The summed E-state index contributed by atoms with van der Waals surface area (Å²) >= 11 is 5.99. The fraction of sp³-hybridized carbons (Fsp3) is 0.261. The summed E-state index contributed by atoms with van der Waals surface area (Å²) in [5.41, 5.74) is 2.96. The summed E-state index contributed by atoms with van der Waals surface area (Å²) in [5.74, 6) is 1.17. The lowest BCUT2D eigenvalue weighted by Crippen LogP contribution is -2.30. The lowest BCUT2D eigenvalue weighted by molar-refractivity contribution is -0.123. The molecule has 0 spiro atoms. The molecule has 0 radical (unpaired) electrons. The largest absolute Gasteiger partial charge is 0.483 e. The minimum atomic E-state index is -0.164. The maximum atomic E-state index is 12.2. The highest BCUT2D eigenvalue weighted by Gasteiger charge is 2.11. The lowest BCUT2D eigenvalue weighted by Gasteiger charge is -2.16. The van der Waals surface area contributed by atoms with Crippen LogP contribution in [0.1, 0.15) is 11.1 Å². The van der Waals surface area contributed by atoms with Gasteiger partial charge in [-0.15, -0.1) is 0 Å². The smallest absolute Gasteiger partial charge is 0.257 e. The van der Waals surface area contributed by atoms with E-state index in [9.17, 15) is 4.79 Å². The van der Waals surface area contributed by atoms with Gasteiger partial charge in [0.1, 0.15) is 5.75 Å². The highest BCUT2D eigenvalue weighted by atomic mass is 35.5. The number of rotatable bonds is 9. The molecule has 0 fully saturated rings. The third-order valence-electron chi connectivity index (χ3n) is 4.35. The number of carbonyl (C=O) groups is 1. The summed E-state index contributed by atoms with van der Waals surface area (Å²) in [7, 11) is 3.97. The Balaban J connectivity index is 1.58. The van der Waals surface area contributed by atoms with Crippen molar-refractivity contribution < 1.29 is 9.53 Å². The van der Waals surface area contributed by atoms with Crippen LogP contribution in [-0.2, 0) is 17.8 Å². The van der Waals surface area contributed by atoms with Crippen molar-refractivity contribution in [2.45, 2.75) is 13.0 Å². The van der Waals surface area contributed by atoms with Crippen LogP contribution in [0.4, 0.5) is 0 Å². The van der Waals surface area contributed by atoms with E-state index in [-0.39, 0.29) is 12.5 Å². The Kier molecular flexibility index (Phi) is 7.76. The Morgan fingerprint density at radius 3 is 2.63 bits per heavy atom. The van der Waals surface area contributed by atoms with E-state index in [2.05, 4.69) is 15.3 Å². The van der Waals surface area contributed by atoms with Crippen LogP contribution in [0, 0.1) is 0 Å². The van der Waals surface area contributed by atoms with E-state index in [1.54, 1.807) is 18.5 Å². The van der Waals surface area contributed by atoms with Gasteiger partial charge in [0.15, 0.2) is 12.4 Å². The fourth-order valence-electron chi connectivity index (χ4n) is 3.00. The van der Waals surface area contributed by atoms with Crippen molar-refractivity contribution in [2.75, 3.05) is 27.2 Å². The van der Waals surface area contributed by atoms with E-state index < -0.39 is 0 Å². The number of aromatic nitrogens is 2. The Hall–Kier alpha value is -2.96. The monoisotopic (exact) mass is 424 g/mol. The van der Waals surface area contributed by atoms with E-state index in [0.717, 1.165) is 16.7 Å². The van der Waals surface area contributed by atoms with Gasteiger partial charge in [-0.1, -0.05) is 23.7 Å². The average Bonchev–Trinajstić information content (AvgIpc) is 2.73. The van der Waals surface area contributed by atoms with Crippen LogP contribution in [0.25, 0.3) is 11.4 Å². The van der Waals surface area contributed by atoms with Crippen molar-refractivity contribution >= 4 is 17.5 Å². The number of hydrogen-bond acceptors (Lipinski definition) is 5. The molecule has 1 heterocycles. The Morgan fingerprint density at radius 1 is 1.10 bits per heavy atom. The Labute approximate surface area is 181 Å². The van der Waals surface area contributed by atoms with E-state index in [1.807, 2.05) is 61.5 Å². The third kappa shape index (κ3) is 6.54. The first-order valence-electron chi connectivity index (χ1n) is 9.70. The van der Waals surface area contributed by atoms with Gasteiger partial charge in [-0.25, -0.2) is 9.97 Å². The van der Waals surface area contributed by atoms with Gasteiger partial charge in [0.2, 0.25) is 0 Å². The molecule has 0 saturated heterocycles. The second-order valence-electron chi connectivity index (χ2n) is 7.15. The number of ether oxygens (including phenoxy) is 1. The molecule has 0 saturated carbocycles. The molecule has 1 N–H and O–H groups in total. The Bertz CT molecular complexity index is 980. The molecule has 0 aliphatic heterocycles. The molecule has 6 nitrogen and oxygen atoms in total. The first kappa shape index (κ1) is 21.7. The summed E-state index contributed by atoms with van der Waals surface area (Å²) in [5, 5.41) is 3.58. The standard InChI is InChI=1S/C23H25ClN4O2/c1-28(2)15-19-14-18(23-26-10-4-11-27-23)7-8-21(19)30-16-22(29)25-12-9-17-5-3-6-20(24)13-17/h3-8,10-11,13-14H,9,12,15-16H2,1-2H3,(H,25,29). The molecule has 3 rings (SSSR count). The van der Waals surface area contributed by atoms with Gasteiger partial charge in [0, 0.05) is 41.6 Å². The first-order chi connectivity index (χ1) is 14.5. The maximum Gasteiger partial charge on any atom is 0.257 e. The zero-order valence-electron chi connectivity index (χ0n) is 17.1. The number of nitrogens with zero attached hydrogens (tertiary/aromatic N) is 3. The summed E-state index contributed by atoms with van der Waals surface area (Å²) < 4.78 is 5.81. The van der Waals surface area contributed by atoms with Gasteiger partial charge < -0.3 is 15.0 Å². The van der Waals surface area contributed by atoms with Crippen LogP contribution in [0.3, 0.4) is 0 Å². The normalized spacial score (nSPS) is 10.8.